The average Bonchev–Trinajstić information content (AvgIpc) is 3.38. The lowest BCUT2D eigenvalue weighted by atomic mass is 9.96. The van der Waals surface area contributed by atoms with Gasteiger partial charge < -0.3 is 9.88 Å². The molecule has 7 heteroatoms. The number of amides is 1. The summed E-state index contributed by atoms with van der Waals surface area (Å²) in [6.45, 7) is 6.80. The second kappa shape index (κ2) is 9.73. The molecule has 3 aromatic heterocycles. The Morgan fingerprint density at radius 2 is 1.97 bits per heavy atom. The molecule has 1 amide bonds. The number of hydrogen-bond donors (Lipinski definition) is 1. The van der Waals surface area contributed by atoms with E-state index >= 15 is 0 Å². The first kappa shape index (κ1) is 23.0. The van der Waals surface area contributed by atoms with Gasteiger partial charge in [-0.1, -0.05) is 31.7 Å². The molecule has 0 aliphatic heterocycles. The third-order valence-corrected chi connectivity index (χ3v) is 6.96. The van der Waals surface area contributed by atoms with Crippen LogP contribution in [0.1, 0.15) is 69.9 Å². The Morgan fingerprint density at radius 3 is 2.61 bits per heavy atom. The number of nitrogens with zero attached hydrogens (tertiary/aromatic N) is 4. The molecule has 0 unspecified atom stereocenters. The van der Waals surface area contributed by atoms with E-state index in [0.717, 1.165) is 53.2 Å². The standard InChI is InChI=1S/C26H33N5O2/c1-17-12-24(32)25(26(33)28-15-22-18(2)29-30(4)19(22)3)23(13-20-8-5-6-9-20)31(17)16-21-10-7-11-27-14-21/h7,10-12,14,20H,5-6,8-9,13,15-16H2,1-4H3,(H,28,33). The zero-order valence-electron chi connectivity index (χ0n) is 20.0. The van der Waals surface area contributed by atoms with Gasteiger partial charge >= 0.3 is 0 Å². The minimum absolute atomic E-state index is 0.208. The Kier molecular flexibility index (Phi) is 6.77. The Bertz CT molecular complexity index is 1200. The van der Waals surface area contributed by atoms with Crippen molar-refractivity contribution in [2.45, 2.75) is 66.0 Å². The van der Waals surface area contributed by atoms with E-state index in [1.807, 2.05) is 50.8 Å². The molecule has 3 aromatic rings. The van der Waals surface area contributed by atoms with Crippen LogP contribution >= 0.6 is 0 Å². The monoisotopic (exact) mass is 447 g/mol. The normalized spacial score (nSPS) is 14.1. The summed E-state index contributed by atoms with van der Waals surface area (Å²) in [4.78, 5) is 30.8. The maximum Gasteiger partial charge on any atom is 0.257 e. The highest BCUT2D eigenvalue weighted by Gasteiger charge is 2.25. The molecule has 1 fully saturated rings. The number of rotatable bonds is 7. The first-order valence-corrected chi connectivity index (χ1v) is 11.7. The molecule has 1 aliphatic carbocycles. The summed E-state index contributed by atoms with van der Waals surface area (Å²) in [6, 6.07) is 5.53. The molecule has 0 bridgehead atoms. The Hall–Kier alpha value is -3.22. The predicted molar refractivity (Wildman–Crippen MR) is 128 cm³/mol. The number of carbonyl (C=O) groups is 1. The quantitative estimate of drug-likeness (QED) is 0.600. The fourth-order valence-electron chi connectivity index (χ4n) is 5.00. The van der Waals surface area contributed by atoms with Gasteiger partial charge in [-0.15, -0.1) is 0 Å². The number of aryl methyl sites for hydroxylation is 3. The maximum atomic E-state index is 13.4. The van der Waals surface area contributed by atoms with Crippen molar-refractivity contribution in [3.8, 4) is 0 Å². The molecule has 1 saturated carbocycles. The van der Waals surface area contributed by atoms with Crippen molar-refractivity contribution in [1.29, 1.82) is 0 Å². The first-order valence-electron chi connectivity index (χ1n) is 11.7. The van der Waals surface area contributed by atoms with Crippen molar-refractivity contribution >= 4 is 5.91 Å². The van der Waals surface area contributed by atoms with Crippen LogP contribution in [0.2, 0.25) is 0 Å². The maximum absolute atomic E-state index is 13.4. The number of carbonyl (C=O) groups excluding carboxylic acids is 1. The van der Waals surface area contributed by atoms with Gasteiger partial charge in [-0.2, -0.15) is 5.10 Å². The molecule has 1 aliphatic rings. The molecule has 174 valence electrons. The zero-order chi connectivity index (χ0) is 23.5. The van der Waals surface area contributed by atoms with Crippen LogP contribution in [0.15, 0.2) is 35.4 Å². The fourth-order valence-corrected chi connectivity index (χ4v) is 5.00. The Morgan fingerprint density at radius 1 is 1.21 bits per heavy atom. The van der Waals surface area contributed by atoms with Gasteiger partial charge in [0.2, 0.25) is 0 Å². The van der Waals surface area contributed by atoms with Crippen molar-refractivity contribution in [2.75, 3.05) is 0 Å². The van der Waals surface area contributed by atoms with Crippen LogP contribution in [0.3, 0.4) is 0 Å². The molecule has 1 N–H and O–H groups in total. The molecule has 0 aromatic carbocycles. The third kappa shape index (κ3) is 4.92. The topological polar surface area (TPSA) is 81.8 Å². The van der Waals surface area contributed by atoms with Crippen LogP contribution in [0.4, 0.5) is 0 Å². The summed E-state index contributed by atoms with van der Waals surface area (Å²) in [6.07, 6.45) is 9.04. The van der Waals surface area contributed by atoms with Crippen molar-refractivity contribution in [2.24, 2.45) is 13.0 Å². The van der Waals surface area contributed by atoms with E-state index in [-0.39, 0.29) is 16.9 Å². The van der Waals surface area contributed by atoms with Crippen LogP contribution in [0, 0.1) is 26.7 Å². The molecule has 33 heavy (non-hydrogen) atoms. The van der Waals surface area contributed by atoms with Gasteiger partial charge in [0.1, 0.15) is 5.56 Å². The summed E-state index contributed by atoms with van der Waals surface area (Å²) in [5.74, 6) is 0.191. The van der Waals surface area contributed by atoms with Gasteiger partial charge in [-0.05, 0) is 44.7 Å². The molecule has 0 saturated heterocycles. The summed E-state index contributed by atoms with van der Waals surface area (Å²) in [7, 11) is 1.89. The minimum atomic E-state index is -0.310. The van der Waals surface area contributed by atoms with Crippen molar-refractivity contribution in [3.63, 3.8) is 0 Å². The summed E-state index contributed by atoms with van der Waals surface area (Å²) < 4.78 is 3.95. The van der Waals surface area contributed by atoms with Crippen LogP contribution in [-0.2, 0) is 26.6 Å². The van der Waals surface area contributed by atoms with Gasteiger partial charge in [0.15, 0.2) is 5.43 Å². The molecular weight excluding hydrogens is 414 g/mol. The summed E-state index contributed by atoms with van der Waals surface area (Å²) in [5, 5.41) is 7.44. The van der Waals surface area contributed by atoms with Gasteiger partial charge in [0.25, 0.3) is 5.91 Å². The molecule has 0 radical (unpaired) electrons. The van der Waals surface area contributed by atoms with E-state index in [1.54, 1.807) is 12.3 Å². The van der Waals surface area contributed by atoms with Crippen LogP contribution in [-0.4, -0.2) is 25.2 Å². The van der Waals surface area contributed by atoms with Gasteiger partial charge in [-0.3, -0.25) is 19.3 Å². The van der Waals surface area contributed by atoms with Crippen LogP contribution in [0.5, 0.6) is 0 Å². The molecule has 0 spiro atoms. The first-order chi connectivity index (χ1) is 15.8. The van der Waals surface area contributed by atoms with Gasteiger partial charge in [0.05, 0.1) is 5.69 Å². The van der Waals surface area contributed by atoms with Crippen LogP contribution in [0.25, 0.3) is 0 Å². The highest BCUT2D eigenvalue weighted by molar-refractivity contribution is 5.95. The second-order valence-corrected chi connectivity index (χ2v) is 9.23. The van der Waals surface area contributed by atoms with Crippen LogP contribution < -0.4 is 10.7 Å². The largest absolute Gasteiger partial charge is 0.348 e. The fraction of sp³-hybridized carbons (Fsp3) is 0.462. The van der Waals surface area contributed by atoms with E-state index in [2.05, 4.69) is 20.0 Å². The highest BCUT2D eigenvalue weighted by atomic mass is 16.2. The minimum Gasteiger partial charge on any atom is -0.348 e. The van der Waals surface area contributed by atoms with Crippen molar-refractivity contribution in [3.05, 3.63) is 80.3 Å². The number of nitrogens with one attached hydrogen (secondary N) is 1. The Balaban J connectivity index is 1.71. The molecule has 4 rings (SSSR count). The smallest absolute Gasteiger partial charge is 0.257 e. The summed E-state index contributed by atoms with van der Waals surface area (Å²) >= 11 is 0. The molecule has 0 atom stereocenters. The average molecular weight is 448 g/mol. The summed E-state index contributed by atoms with van der Waals surface area (Å²) in [5.41, 5.74) is 5.71. The van der Waals surface area contributed by atoms with E-state index in [9.17, 15) is 9.59 Å². The Labute approximate surface area is 194 Å². The lowest BCUT2D eigenvalue weighted by Crippen LogP contribution is -2.33. The number of aromatic nitrogens is 4. The second-order valence-electron chi connectivity index (χ2n) is 9.23. The number of pyridine rings is 2. The van der Waals surface area contributed by atoms with Crippen molar-refractivity contribution < 1.29 is 4.79 Å². The lowest BCUT2D eigenvalue weighted by Gasteiger charge is -2.22. The van der Waals surface area contributed by atoms with E-state index in [0.29, 0.717) is 19.0 Å². The molecular formula is C26H33N5O2. The number of hydrogen-bond acceptors (Lipinski definition) is 4. The van der Waals surface area contributed by atoms with E-state index in [1.165, 1.54) is 12.8 Å². The predicted octanol–water partition coefficient (Wildman–Crippen LogP) is 3.61. The van der Waals surface area contributed by atoms with Gasteiger partial charge in [0, 0.05) is 61.2 Å². The molecule has 7 nitrogen and oxygen atoms in total. The van der Waals surface area contributed by atoms with Gasteiger partial charge in [-0.25, -0.2) is 0 Å². The van der Waals surface area contributed by atoms with Crippen molar-refractivity contribution in [1.82, 2.24) is 24.6 Å². The lowest BCUT2D eigenvalue weighted by molar-refractivity contribution is 0.0947. The zero-order valence-corrected chi connectivity index (χ0v) is 20.0. The van der Waals surface area contributed by atoms with E-state index in [4.69, 9.17) is 0 Å². The SMILES string of the molecule is Cc1nn(C)c(C)c1CNC(=O)c1c(CC2CCCC2)n(Cc2cccnc2)c(C)cc1=O. The van der Waals surface area contributed by atoms with E-state index < -0.39 is 0 Å². The third-order valence-electron chi connectivity index (χ3n) is 6.96. The highest BCUT2D eigenvalue weighted by Crippen LogP contribution is 2.29. The molecule has 3 heterocycles.